The first-order chi connectivity index (χ1) is 10.8. The number of hydrogen-bond acceptors (Lipinski definition) is 7. The molecule has 0 aromatic carbocycles. The van der Waals surface area contributed by atoms with Crippen molar-refractivity contribution in [3.05, 3.63) is 12.2 Å². The zero-order valence-electron chi connectivity index (χ0n) is 13.8. The van der Waals surface area contributed by atoms with Crippen molar-refractivity contribution in [3.63, 3.8) is 0 Å². The molecule has 7 heteroatoms. The molecule has 1 rings (SSSR count). The molecule has 1 aliphatic heterocycles. The largest absolute Gasteiger partial charge is 0.509 e. The lowest BCUT2D eigenvalue weighted by molar-refractivity contribution is -0.198. The molecule has 0 bridgehead atoms. The first-order valence-corrected chi connectivity index (χ1v) is 7.08. The molecule has 0 amide bonds. The van der Waals surface area contributed by atoms with E-state index in [1.54, 1.807) is 6.92 Å². The highest BCUT2D eigenvalue weighted by Gasteiger charge is 2.45. The number of allylic oxidation sites excluding steroid dienone is 1. The van der Waals surface area contributed by atoms with E-state index in [4.69, 9.17) is 14.2 Å². The molecule has 0 saturated carbocycles. The summed E-state index contributed by atoms with van der Waals surface area (Å²) in [4.78, 5) is 22.8. The van der Waals surface area contributed by atoms with E-state index in [9.17, 15) is 9.59 Å². The van der Waals surface area contributed by atoms with Crippen LogP contribution in [0.25, 0.3) is 0 Å². The molecule has 0 aliphatic carbocycles. The molecule has 1 aliphatic rings. The first-order valence-electron chi connectivity index (χ1n) is 7.08. The average molecular weight is 326 g/mol. The maximum Gasteiger partial charge on any atom is 0.509 e. The van der Waals surface area contributed by atoms with Crippen LogP contribution in [-0.4, -0.2) is 51.4 Å². The molecule has 1 saturated heterocycles. The molecular weight excluding hydrogens is 304 g/mol. The molecule has 128 valence electrons. The van der Waals surface area contributed by atoms with Gasteiger partial charge in [-0.2, -0.15) is 0 Å². The summed E-state index contributed by atoms with van der Waals surface area (Å²) in [6, 6.07) is 0. The molecule has 2 atom stereocenters. The maximum atomic E-state index is 11.5. The van der Waals surface area contributed by atoms with Gasteiger partial charge in [0.15, 0.2) is 11.9 Å². The van der Waals surface area contributed by atoms with E-state index in [2.05, 4.69) is 27.9 Å². The fraction of sp³-hybridized carbons (Fsp3) is 0.625. The molecule has 1 fully saturated rings. The van der Waals surface area contributed by atoms with Crippen LogP contribution in [0.2, 0.25) is 0 Å². The minimum atomic E-state index is -1.01. The Bertz CT molecular complexity index is 508. The molecule has 0 spiro atoms. The zero-order valence-corrected chi connectivity index (χ0v) is 13.8. The highest BCUT2D eigenvalue weighted by atomic mass is 16.7. The van der Waals surface area contributed by atoms with Crippen LogP contribution in [0.5, 0.6) is 0 Å². The second-order valence-corrected chi connectivity index (χ2v) is 5.23. The van der Waals surface area contributed by atoms with Crippen LogP contribution in [0.1, 0.15) is 20.3 Å². The summed E-state index contributed by atoms with van der Waals surface area (Å²) in [6.45, 7) is 8.26. The van der Waals surface area contributed by atoms with E-state index < -0.39 is 29.9 Å². The molecule has 0 aromatic rings. The van der Waals surface area contributed by atoms with Crippen molar-refractivity contribution in [2.24, 2.45) is 5.92 Å². The van der Waals surface area contributed by atoms with Gasteiger partial charge in [0, 0.05) is 5.92 Å². The predicted molar refractivity (Wildman–Crippen MR) is 80.3 cm³/mol. The van der Waals surface area contributed by atoms with Gasteiger partial charge in [0.1, 0.15) is 0 Å². The zero-order chi connectivity index (χ0) is 17.5. The van der Waals surface area contributed by atoms with Crippen molar-refractivity contribution in [3.8, 4) is 11.8 Å². The fourth-order valence-corrected chi connectivity index (χ4v) is 2.23. The molecular formula is C16H22O7. The Labute approximate surface area is 135 Å². The Morgan fingerprint density at radius 1 is 1.26 bits per heavy atom. The van der Waals surface area contributed by atoms with Gasteiger partial charge in [-0.15, -0.1) is 6.58 Å². The maximum absolute atomic E-state index is 11.5. The van der Waals surface area contributed by atoms with Crippen molar-refractivity contribution in [1.82, 2.24) is 0 Å². The summed E-state index contributed by atoms with van der Waals surface area (Å²) in [5, 5.41) is 0. The summed E-state index contributed by atoms with van der Waals surface area (Å²) >= 11 is 0. The van der Waals surface area contributed by atoms with Crippen molar-refractivity contribution in [2.75, 3.05) is 27.4 Å². The van der Waals surface area contributed by atoms with Crippen molar-refractivity contribution < 1.29 is 33.3 Å². The number of esters is 1. The van der Waals surface area contributed by atoms with Gasteiger partial charge in [-0.3, -0.25) is 0 Å². The number of methoxy groups -OCH3 is 2. The Morgan fingerprint density at radius 2 is 1.87 bits per heavy atom. The fourth-order valence-electron chi connectivity index (χ4n) is 2.23. The Kier molecular flexibility index (Phi) is 7.07. The molecule has 2 unspecified atom stereocenters. The van der Waals surface area contributed by atoms with Crippen LogP contribution in [0.15, 0.2) is 12.2 Å². The Balaban J connectivity index is 3.12. The molecule has 1 heterocycles. The van der Waals surface area contributed by atoms with Gasteiger partial charge in [-0.1, -0.05) is 5.57 Å². The standard InChI is InChI=1S/C16H22O7/c1-11(2)10-12(16(3)21-8-9-22-16)13(23-15(18)20-5)6-7-14(17)19-4/h12-13H,1,8-10H2,2-5H3. The first kappa shape index (κ1) is 19.0. The quantitative estimate of drug-likeness (QED) is 0.329. The van der Waals surface area contributed by atoms with Gasteiger partial charge >= 0.3 is 12.1 Å². The monoisotopic (exact) mass is 326 g/mol. The van der Waals surface area contributed by atoms with Gasteiger partial charge in [-0.05, 0) is 26.2 Å². The molecule has 0 N–H and O–H groups in total. The highest BCUT2D eigenvalue weighted by molar-refractivity contribution is 5.88. The van der Waals surface area contributed by atoms with Crippen LogP contribution in [-0.2, 0) is 28.5 Å². The van der Waals surface area contributed by atoms with Crippen LogP contribution < -0.4 is 0 Å². The SMILES string of the molecule is C=C(C)CC(C(C#CC(=O)OC)OC(=O)OC)C1(C)OCCO1. The van der Waals surface area contributed by atoms with Crippen LogP contribution in [0.4, 0.5) is 4.79 Å². The number of carbonyl (C=O) groups excluding carboxylic acids is 2. The second-order valence-electron chi connectivity index (χ2n) is 5.23. The van der Waals surface area contributed by atoms with Crippen LogP contribution in [0.3, 0.4) is 0 Å². The third-order valence-corrected chi connectivity index (χ3v) is 3.36. The average Bonchev–Trinajstić information content (AvgIpc) is 2.96. The smallest absolute Gasteiger partial charge is 0.459 e. The number of ether oxygens (including phenoxy) is 5. The van der Waals surface area contributed by atoms with E-state index in [0.29, 0.717) is 19.6 Å². The second kappa shape index (κ2) is 8.56. The summed E-state index contributed by atoms with van der Waals surface area (Å²) in [5.41, 5.74) is 0.827. The van der Waals surface area contributed by atoms with Crippen molar-refractivity contribution in [2.45, 2.75) is 32.2 Å². The molecule has 23 heavy (non-hydrogen) atoms. The lowest BCUT2D eigenvalue weighted by Gasteiger charge is -2.35. The Hall–Kier alpha value is -2.04. The normalized spacial score (nSPS) is 18.1. The van der Waals surface area contributed by atoms with E-state index in [0.717, 1.165) is 5.57 Å². The van der Waals surface area contributed by atoms with E-state index in [-0.39, 0.29) is 0 Å². The summed E-state index contributed by atoms with van der Waals surface area (Å²) in [7, 11) is 2.40. The third-order valence-electron chi connectivity index (χ3n) is 3.36. The van der Waals surface area contributed by atoms with Gasteiger partial charge in [0.05, 0.1) is 33.4 Å². The summed E-state index contributed by atoms with van der Waals surface area (Å²) < 4.78 is 25.5. The Morgan fingerprint density at radius 3 is 2.35 bits per heavy atom. The van der Waals surface area contributed by atoms with Gasteiger partial charge in [0.2, 0.25) is 0 Å². The number of rotatable bonds is 5. The topological polar surface area (TPSA) is 80.3 Å². The van der Waals surface area contributed by atoms with Gasteiger partial charge in [0.25, 0.3) is 0 Å². The van der Waals surface area contributed by atoms with Gasteiger partial charge < -0.3 is 23.7 Å². The minimum Gasteiger partial charge on any atom is -0.459 e. The lowest BCUT2D eigenvalue weighted by atomic mass is 9.87. The minimum absolute atomic E-state index is 0.415. The summed E-state index contributed by atoms with van der Waals surface area (Å²) in [5.74, 6) is 2.63. The van der Waals surface area contributed by atoms with Crippen LogP contribution in [0, 0.1) is 17.8 Å². The van der Waals surface area contributed by atoms with Gasteiger partial charge in [-0.25, -0.2) is 9.59 Å². The number of hydrogen-bond donors (Lipinski definition) is 0. The van der Waals surface area contributed by atoms with Crippen LogP contribution >= 0.6 is 0 Å². The van der Waals surface area contributed by atoms with E-state index >= 15 is 0 Å². The lowest BCUT2D eigenvalue weighted by Crippen LogP contribution is -2.44. The van der Waals surface area contributed by atoms with Crippen molar-refractivity contribution in [1.29, 1.82) is 0 Å². The summed E-state index contributed by atoms with van der Waals surface area (Å²) in [6.07, 6.45) is -1.47. The van der Waals surface area contributed by atoms with Crippen molar-refractivity contribution >= 4 is 12.1 Å². The highest BCUT2D eigenvalue weighted by Crippen LogP contribution is 2.35. The molecule has 0 aromatic heterocycles. The van der Waals surface area contributed by atoms with E-state index in [1.807, 2.05) is 6.92 Å². The third kappa shape index (κ3) is 5.58. The molecule has 7 nitrogen and oxygen atoms in total. The number of carbonyl (C=O) groups is 2. The predicted octanol–water partition coefficient (Wildman–Crippen LogP) is 1.66. The van der Waals surface area contributed by atoms with E-state index in [1.165, 1.54) is 14.2 Å². The molecule has 0 radical (unpaired) electrons.